The molecule has 3 aromatic carbocycles. The van der Waals surface area contributed by atoms with Crippen molar-refractivity contribution in [1.29, 1.82) is 0 Å². The fourth-order valence-corrected chi connectivity index (χ4v) is 3.83. The van der Waals surface area contributed by atoms with E-state index in [9.17, 15) is 52.7 Å². The first-order valence-electron chi connectivity index (χ1n) is 11.7. The number of hydrogen-bond acceptors (Lipinski definition) is 6. The zero-order valence-corrected chi connectivity index (χ0v) is 20.9. The Kier molecular flexibility index (Phi) is 7.20. The van der Waals surface area contributed by atoms with E-state index in [2.05, 4.69) is 20.4 Å². The van der Waals surface area contributed by atoms with Crippen molar-refractivity contribution in [3.8, 4) is 45.8 Å². The quantitative estimate of drug-likeness (QED) is 0.183. The van der Waals surface area contributed by atoms with Gasteiger partial charge in [-0.25, -0.2) is 0 Å². The first kappa shape index (κ1) is 30.6. The summed E-state index contributed by atoms with van der Waals surface area (Å²) in [4.78, 5) is 0. The Morgan fingerprint density at radius 1 is 0.341 bits per heavy atom. The molecule has 0 atom stereocenters. The summed E-state index contributed by atoms with van der Waals surface area (Å²) in [6.45, 7) is 0. The molecule has 0 N–H and O–H groups in total. The molecule has 2 aromatic heterocycles. The Bertz CT molecular complexity index is 1620. The molecule has 0 saturated carbocycles. The van der Waals surface area contributed by atoms with Gasteiger partial charge in [-0.2, -0.15) is 52.7 Å². The lowest BCUT2D eigenvalue weighted by Crippen LogP contribution is -2.11. The molecule has 5 rings (SSSR count). The number of nitrogens with zero attached hydrogens (tertiary/aromatic N) is 4. The maximum atomic E-state index is 13.2. The minimum Gasteiger partial charge on any atom is -0.416 e. The van der Waals surface area contributed by atoms with Crippen LogP contribution in [0.2, 0.25) is 0 Å². The Hall–Kier alpha value is -4.90. The van der Waals surface area contributed by atoms with Gasteiger partial charge in [-0.1, -0.05) is 0 Å². The summed E-state index contributed by atoms with van der Waals surface area (Å²) < 4.78 is 169. The molecule has 18 heteroatoms. The predicted octanol–water partition coefficient (Wildman–Crippen LogP) is 9.20. The van der Waals surface area contributed by atoms with Crippen LogP contribution in [0.1, 0.15) is 22.3 Å². The molecular weight excluding hydrogens is 628 g/mol. The molecule has 5 aromatic rings. The minimum absolute atomic E-state index is 0.0648. The summed E-state index contributed by atoms with van der Waals surface area (Å²) in [7, 11) is 0. The first-order chi connectivity index (χ1) is 20.3. The zero-order chi connectivity index (χ0) is 32.2. The fraction of sp³-hybridized carbons (Fsp3) is 0.154. The molecule has 2 heterocycles. The van der Waals surface area contributed by atoms with E-state index in [1.165, 1.54) is 24.3 Å². The lowest BCUT2D eigenvalue weighted by Gasteiger charge is -2.12. The highest BCUT2D eigenvalue weighted by molar-refractivity contribution is 5.65. The van der Waals surface area contributed by atoms with Crippen LogP contribution in [0.25, 0.3) is 45.8 Å². The molecule has 230 valence electrons. The second-order valence-electron chi connectivity index (χ2n) is 8.99. The molecule has 44 heavy (non-hydrogen) atoms. The van der Waals surface area contributed by atoms with Gasteiger partial charge in [0.15, 0.2) is 0 Å². The maximum absolute atomic E-state index is 13.2. The van der Waals surface area contributed by atoms with Crippen molar-refractivity contribution in [3.63, 3.8) is 0 Å². The molecule has 0 unspecified atom stereocenters. The van der Waals surface area contributed by atoms with Crippen molar-refractivity contribution >= 4 is 0 Å². The lowest BCUT2D eigenvalue weighted by atomic mass is 10.0. The average molecular weight is 638 g/mol. The van der Waals surface area contributed by atoms with Gasteiger partial charge in [0.2, 0.25) is 23.6 Å². The number of halogens is 12. The molecule has 0 aliphatic rings. The van der Waals surface area contributed by atoms with Crippen LogP contribution in [0.15, 0.2) is 69.5 Å². The maximum Gasteiger partial charge on any atom is 0.416 e. The highest BCUT2D eigenvalue weighted by Gasteiger charge is 2.39. The van der Waals surface area contributed by atoms with Crippen LogP contribution in [-0.2, 0) is 24.7 Å². The van der Waals surface area contributed by atoms with Gasteiger partial charge in [0.25, 0.3) is 0 Å². The molecule has 0 saturated heterocycles. The Morgan fingerprint density at radius 3 is 0.795 bits per heavy atom. The van der Waals surface area contributed by atoms with Crippen molar-refractivity contribution in [1.82, 2.24) is 20.4 Å². The van der Waals surface area contributed by atoms with Crippen molar-refractivity contribution in [3.05, 3.63) is 82.9 Å². The Balaban J connectivity index is 1.43. The van der Waals surface area contributed by atoms with Crippen LogP contribution >= 0.6 is 0 Å². The molecule has 0 bridgehead atoms. The van der Waals surface area contributed by atoms with Gasteiger partial charge in [-0.05, 0) is 60.7 Å². The standard InChI is InChI=1S/C26H10F12N4O2/c27-23(28,29)15-5-13(6-16(9-15)24(30,31)32)21-41-39-19(43-21)11-1-2-12(4-3-11)20-40-42-22(44-20)14-7-17(25(33,34)35)10-18(8-14)26(36,37)38/h1-10H. The van der Waals surface area contributed by atoms with E-state index in [0.29, 0.717) is 24.3 Å². The predicted molar refractivity (Wildman–Crippen MR) is 124 cm³/mol. The smallest absolute Gasteiger partial charge is 0.416 e. The van der Waals surface area contributed by atoms with Crippen LogP contribution in [0.4, 0.5) is 52.7 Å². The SMILES string of the molecule is FC(F)(F)c1cc(-c2nnc(-c3ccc(-c4nnc(-c5cc(C(F)(F)F)cc(C(F)(F)F)c5)o4)cc3)o2)cc(C(F)(F)F)c1. The molecule has 0 amide bonds. The van der Waals surface area contributed by atoms with Crippen LogP contribution in [0.3, 0.4) is 0 Å². The third kappa shape index (κ3) is 6.37. The minimum atomic E-state index is -5.11. The third-order valence-electron chi connectivity index (χ3n) is 5.90. The monoisotopic (exact) mass is 638 g/mol. The van der Waals surface area contributed by atoms with Crippen molar-refractivity contribution in [2.45, 2.75) is 24.7 Å². The van der Waals surface area contributed by atoms with Gasteiger partial charge in [-0.3, -0.25) is 0 Å². The molecule has 0 spiro atoms. The second-order valence-corrected chi connectivity index (χ2v) is 8.99. The van der Waals surface area contributed by atoms with Crippen LogP contribution in [0, 0.1) is 0 Å². The molecular formula is C26H10F12N4O2. The largest absolute Gasteiger partial charge is 0.416 e. The van der Waals surface area contributed by atoms with E-state index >= 15 is 0 Å². The molecule has 0 radical (unpaired) electrons. The van der Waals surface area contributed by atoms with Crippen LogP contribution in [-0.4, -0.2) is 20.4 Å². The molecule has 0 aliphatic heterocycles. The van der Waals surface area contributed by atoms with Gasteiger partial charge in [0, 0.05) is 22.3 Å². The Labute approximate surface area is 236 Å². The number of aromatic nitrogens is 4. The van der Waals surface area contributed by atoms with E-state index < -0.39 is 69.9 Å². The van der Waals surface area contributed by atoms with E-state index in [-0.39, 0.29) is 35.0 Å². The summed E-state index contributed by atoms with van der Waals surface area (Å²) in [5.41, 5.74) is -7.41. The summed E-state index contributed by atoms with van der Waals surface area (Å²) in [5.74, 6) is -1.93. The van der Waals surface area contributed by atoms with Crippen LogP contribution in [0.5, 0.6) is 0 Å². The fourth-order valence-electron chi connectivity index (χ4n) is 3.83. The van der Waals surface area contributed by atoms with E-state index in [1.54, 1.807) is 0 Å². The number of hydrogen-bond donors (Lipinski definition) is 0. The van der Waals surface area contributed by atoms with Gasteiger partial charge >= 0.3 is 24.7 Å². The highest BCUT2D eigenvalue weighted by atomic mass is 19.4. The van der Waals surface area contributed by atoms with E-state index in [4.69, 9.17) is 8.83 Å². The highest BCUT2D eigenvalue weighted by Crippen LogP contribution is 2.40. The van der Waals surface area contributed by atoms with Crippen LogP contribution < -0.4 is 0 Å². The topological polar surface area (TPSA) is 77.8 Å². The number of rotatable bonds is 4. The van der Waals surface area contributed by atoms with Crippen molar-refractivity contribution in [2.24, 2.45) is 0 Å². The van der Waals surface area contributed by atoms with Gasteiger partial charge in [0.1, 0.15) is 0 Å². The second kappa shape index (κ2) is 10.4. The molecule has 6 nitrogen and oxygen atoms in total. The zero-order valence-electron chi connectivity index (χ0n) is 20.9. The number of benzene rings is 3. The normalized spacial score (nSPS) is 13.0. The van der Waals surface area contributed by atoms with Crippen molar-refractivity contribution in [2.75, 3.05) is 0 Å². The lowest BCUT2D eigenvalue weighted by molar-refractivity contribution is -0.144. The molecule has 0 aliphatic carbocycles. The van der Waals surface area contributed by atoms with Gasteiger partial charge < -0.3 is 8.83 Å². The summed E-state index contributed by atoms with van der Waals surface area (Å²) in [6, 6.07) is 6.65. The number of alkyl halides is 12. The average Bonchev–Trinajstić information content (AvgIpc) is 3.62. The summed E-state index contributed by atoms with van der Waals surface area (Å²) >= 11 is 0. The first-order valence-corrected chi connectivity index (χ1v) is 11.7. The van der Waals surface area contributed by atoms with E-state index in [1.807, 2.05) is 0 Å². The molecule has 0 fully saturated rings. The van der Waals surface area contributed by atoms with Gasteiger partial charge in [-0.15, -0.1) is 20.4 Å². The Morgan fingerprint density at radius 2 is 0.568 bits per heavy atom. The van der Waals surface area contributed by atoms with Crippen molar-refractivity contribution < 1.29 is 61.5 Å². The summed E-state index contributed by atoms with van der Waals surface area (Å²) in [6.07, 6.45) is -20.4. The van der Waals surface area contributed by atoms with E-state index in [0.717, 1.165) is 0 Å². The third-order valence-corrected chi connectivity index (χ3v) is 5.90. The van der Waals surface area contributed by atoms with Gasteiger partial charge in [0.05, 0.1) is 22.3 Å². The summed E-state index contributed by atoms with van der Waals surface area (Å²) in [5, 5.41) is 14.3.